The number of benzene rings is 1. The van der Waals surface area contributed by atoms with Gasteiger partial charge in [-0.1, -0.05) is 31.5 Å². The van der Waals surface area contributed by atoms with Gasteiger partial charge in [0.05, 0.1) is 0 Å². The maximum Gasteiger partial charge on any atom is 0.0216 e. The molecule has 0 unspecified atom stereocenters. The Morgan fingerprint density at radius 3 is 2.77 bits per heavy atom. The minimum absolute atomic E-state index is 0.999. The lowest BCUT2D eigenvalue weighted by atomic mass is 10.2. The summed E-state index contributed by atoms with van der Waals surface area (Å²) in [7, 11) is 0. The minimum atomic E-state index is 0.999. The van der Waals surface area contributed by atoms with Crippen LogP contribution in [0.2, 0.25) is 0 Å². The number of unbranched alkanes of at least 4 members (excludes halogenated alkanes) is 1. The van der Waals surface area contributed by atoms with Crippen LogP contribution >= 0.6 is 22.6 Å². The molecule has 72 valence electrons. The second-order valence-corrected chi connectivity index (χ2v) is 4.28. The van der Waals surface area contributed by atoms with E-state index in [0.29, 0.717) is 0 Å². The Labute approximate surface area is 94.1 Å². The average molecular weight is 289 g/mol. The summed E-state index contributed by atoms with van der Waals surface area (Å²) in [5.74, 6) is 0. The molecule has 0 fully saturated rings. The molecule has 0 aromatic heterocycles. The van der Waals surface area contributed by atoms with Crippen molar-refractivity contribution < 1.29 is 0 Å². The largest absolute Gasteiger partial charge is 0.313 e. The van der Waals surface area contributed by atoms with Crippen molar-refractivity contribution in [1.82, 2.24) is 5.32 Å². The summed E-state index contributed by atoms with van der Waals surface area (Å²) in [5.41, 5.74) is 1.40. The van der Waals surface area contributed by atoms with Crippen LogP contribution in [0, 0.1) is 3.57 Å². The van der Waals surface area contributed by atoms with Gasteiger partial charge in [-0.25, -0.2) is 0 Å². The van der Waals surface area contributed by atoms with E-state index >= 15 is 0 Å². The summed E-state index contributed by atoms with van der Waals surface area (Å²) in [4.78, 5) is 0. The molecule has 0 saturated heterocycles. The van der Waals surface area contributed by atoms with Crippen molar-refractivity contribution >= 4 is 22.6 Å². The van der Waals surface area contributed by atoms with Crippen molar-refractivity contribution in [2.75, 3.05) is 6.54 Å². The van der Waals surface area contributed by atoms with Gasteiger partial charge >= 0.3 is 0 Å². The van der Waals surface area contributed by atoms with Gasteiger partial charge in [0.1, 0.15) is 0 Å². The van der Waals surface area contributed by atoms with Crippen LogP contribution in [0.25, 0.3) is 0 Å². The first-order chi connectivity index (χ1) is 6.34. The third-order valence-electron chi connectivity index (χ3n) is 1.98. The van der Waals surface area contributed by atoms with Crippen LogP contribution in [0.5, 0.6) is 0 Å². The molecule has 0 aliphatic carbocycles. The molecule has 0 heterocycles. The third-order valence-corrected chi connectivity index (χ3v) is 3.03. The van der Waals surface area contributed by atoms with Crippen molar-refractivity contribution in [3.05, 3.63) is 33.4 Å². The Kier molecular flexibility index (Phi) is 5.39. The molecule has 1 nitrogen and oxygen atoms in total. The van der Waals surface area contributed by atoms with Crippen LogP contribution in [0.15, 0.2) is 24.3 Å². The molecule has 1 rings (SSSR count). The molecule has 0 bridgehead atoms. The second kappa shape index (κ2) is 6.38. The van der Waals surface area contributed by atoms with E-state index < -0.39 is 0 Å². The van der Waals surface area contributed by atoms with Crippen molar-refractivity contribution in [2.45, 2.75) is 26.3 Å². The molecule has 0 radical (unpaired) electrons. The summed E-state index contributed by atoms with van der Waals surface area (Å²) in [6, 6.07) is 8.51. The highest BCUT2D eigenvalue weighted by molar-refractivity contribution is 14.1. The molecule has 0 amide bonds. The topological polar surface area (TPSA) is 12.0 Å². The summed E-state index contributed by atoms with van der Waals surface area (Å²) < 4.78 is 1.35. The molecule has 2 heteroatoms. The molecule has 0 saturated carbocycles. The van der Waals surface area contributed by atoms with E-state index in [1.54, 1.807) is 0 Å². The van der Waals surface area contributed by atoms with Crippen molar-refractivity contribution in [2.24, 2.45) is 0 Å². The zero-order chi connectivity index (χ0) is 9.52. The molecule has 0 aliphatic heterocycles. The molecular weight excluding hydrogens is 273 g/mol. The van der Waals surface area contributed by atoms with E-state index in [0.717, 1.165) is 13.1 Å². The van der Waals surface area contributed by atoms with Crippen molar-refractivity contribution in [3.8, 4) is 0 Å². The van der Waals surface area contributed by atoms with Crippen LogP contribution in [-0.4, -0.2) is 6.54 Å². The van der Waals surface area contributed by atoms with Gasteiger partial charge in [-0.15, -0.1) is 0 Å². The monoisotopic (exact) mass is 289 g/mol. The number of hydrogen-bond acceptors (Lipinski definition) is 1. The number of nitrogens with one attached hydrogen (secondary N) is 1. The predicted octanol–water partition coefficient (Wildman–Crippen LogP) is 3.18. The highest BCUT2D eigenvalue weighted by Gasteiger charge is 1.96. The summed E-state index contributed by atoms with van der Waals surface area (Å²) in [5, 5.41) is 3.44. The Morgan fingerprint density at radius 2 is 2.08 bits per heavy atom. The Balaban J connectivity index is 2.32. The smallest absolute Gasteiger partial charge is 0.0216 e. The predicted molar refractivity (Wildman–Crippen MR) is 65.8 cm³/mol. The molecule has 0 atom stereocenters. The Bertz CT molecular complexity index is 248. The first kappa shape index (κ1) is 11.0. The molecule has 13 heavy (non-hydrogen) atoms. The van der Waals surface area contributed by atoms with Gasteiger partial charge in [0.2, 0.25) is 0 Å². The minimum Gasteiger partial charge on any atom is -0.313 e. The number of rotatable bonds is 5. The van der Waals surface area contributed by atoms with Gasteiger partial charge in [0.25, 0.3) is 0 Å². The molecule has 1 aromatic rings. The van der Waals surface area contributed by atoms with Gasteiger partial charge < -0.3 is 5.32 Å². The summed E-state index contributed by atoms with van der Waals surface area (Å²) in [6.45, 7) is 4.34. The lowest BCUT2D eigenvalue weighted by Gasteiger charge is -2.05. The fourth-order valence-corrected chi connectivity index (χ4v) is 1.74. The van der Waals surface area contributed by atoms with E-state index in [1.165, 1.54) is 22.0 Å². The van der Waals surface area contributed by atoms with Crippen molar-refractivity contribution in [3.63, 3.8) is 0 Å². The van der Waals surface area contributed by atoms with E-state index in [4.69, 9.17) is 0 Å². The number of hydrogen-bond donors (Lipinski definition) is 1. The average Bonchev–Trinajstić information content (AvgIpc) is 2.15. The van der Waals surface area contributed by atoms with E-state index in [9.17, 15) is 0 Å². The normalized spacial score (nSPS) is 10.3. The quantitative estimate of drug-likeness (QED) is 0.648. The zero-order valence-electron chi connectivity index (χ0n) is 8.02. The standard InChI is InChI=1S/C11H16IN/c1-2-3-8-13-9-10-6-4-5-7-11(10)12/h4-7,13H,2-3,8-9H2,1H3. The summed E-state index contributed by atoms with van der Waals surface area (Å²) in [6.07, 6.45) is 2.53. The lowest BCUT2D eigenvalue weighted by Crippen LogP contribution is -2.15. The zero-order valence-corrected chi connectivity index (χ0v) is 10.2. The lowest BCUT2D eigenvalue weighted by molar-refractivity contribution is 0.640. The number of halogens is 1. The van der Waals surface area contributed by atoms with Gasteiger partial charge in [-0.05, 0) is 47.2 Å². The molecular formula is C11H16IN. The first-order valence-electron chi connectivity index (χ1n) is 4.78. The van der Waals surface area contributed by atoms with Crippen LogP contribution in [0.3, 0.4) is 0 Å². The van der Waals surface area contributed by atoms with Gasteiger partial charge in [-0.3, -0.25) is 0 Å². The molecule has 1 aromatic carbocycles. The fraction of sp³-hybridized carbons (Fsp3) is 0.455. The van der Waals surface area contributed by atoms with E-state index in [1.807, 2.05) is 0 Å². The van der Waals surface area contributed by atoms with E-state index in [-0.39, 0.29) is 0 Å². The molecule has 1 N–H and O–H groups in total. The SMILES string of the molecule is CCCCNCc1ccccc1I. The van der Waals surface area contributed by atoms with Crippen LogP contribution in [-0.2, 0) is 6.54 Å². The van der Waals surface area contributed by atoms with Crippen LogP contribution < -0.4 is 5.32 Å². The van der Waals surface area contributed by atoms with Crippen molar-refractivity contribution in [1.29, 1.82) is 0 Å². The third kappa shape index (κ3) is 4.09. The summed E-state index contributed by atoms with van der Waals surface area (Å²) >= 11 is 2.38. The van der Waals surface area contributed by atoms with Gasteiger partial charge in [0, 0.05) is 10.1 Å². The molecule has 0 spiro atoms. The maximum atomic E-state index is 3.44. The Hall–Kier alpha value is -0.0900. The first-order valence-corrected chi connectivity index (χ1v) is 5.86. The highest BCUT2D eigenvalue weighted by Crippen LogP contribution is 2.10. The highest BCUT2D eigenvalue weighted by atomic mass is 127. The van der Waals surface area contributed by atoms with Gasteiger partial charge in [-0.2, -0.15) is 0 Å². The Morgan fingerprint density at radius 1 is 1.31 bits per heavy atom. The maximum absolute atomic E-state index is 3.44. The second-order valence-electron chi connectivity index (χ2n) is 3.12. The van der Waals surface area contributed by atoms with E-state index in [2.05, 4.69) is 59.1 Å². The van der Waals surface area contributed by atoms with Gasteiger partial charge in [0.15, 0.2) is 0 Å². The fourth-order valence-electron chi connectivity index (χ4n) is 1.17. The molecule has 0 aliphatic rings. The van der Waals surface area contributed by atoms with Crippen LogP contribution in [0.4, 0.5) is 0 Å². The van der Waals surface area contributed by atoms with Crippen LogP contribution in [0.1, 0.15) is 25.3 Å².